The van der Waals surface area contributed by atoms with E-state index >= 15 is 0 Å². The number of anilines is 1. The van der Waals surface area contributed by atoms with Gasteiger partial charge in [-0.1, -0.05) is 19.1 Å². The molecule has 134 valence electrons. The Bertz CT molecular complexity index is 503. The molecule has 1 aliphatic heterocycles. The molecule has 0 aromatic heterocycles. The van der Waals surface area contributed by atoms with Crippen LogP contribution in [-0.4, -0.2) is 55.5 Å². The number of morpholine rings is 1. The van der Waals surface area contributed by atoms with Crippen LogP contribution in [0.4, 0.5) is 5.69 Å². The van der Waals surface area contributed by atoms with E-state index in [-0.39, 0.29) is 0 Å². The highest BCUT2D eigenvalue weighted by Gasteiger charge is 2.32. The number of rotatable bonds is 5. The highest BCUT2D eigenvalue weighted by molar-refractivity contribution is 5.47. The molecule has 0 bridgehead atoms. The van der Waals surface area contributed by atoms with Crippen LogP contribution in [0.2, 0.25) is 0 Å². The number of ether oxygens (including phenoxy) is 1. The number of aliphatic hydroxyl groups is 1. The van der Waals surface area contributed by atoms with Gasteiger partial charge in [-0.2, -0.15) is 0 Å². The van der Waals surface area contributed by atoms with Crippen LogP contribution < -0.4 is 4.90 Å². The van der Waals surface area contributed by atoms with E-state index < -0.39 is 5.60 Å². The second-order valence-electron chi connectivity index (χ2n) is 7.85. The predicted molar refractivity (Wildman–Crippen MR) is 98.4 cm³/mol. The summed E-state index contributed by atoms with van der Waals surface area (Å²) in [4.78, 5) is 4.64. The number of likely N-dealkylation sites (N-methyl/N-ethyl adjacent to an activating group) is 1. The van der Waals surface area contributed by atoms with Gasteiger partial charge >= 0.3 is 0 Å². The maximum absolute atomic E-state index is 10.8. The van der Waals surface area contributed by atoms with Crippen LogP contribution in [-0.2, 0) is 11.3 Å². The summed E-state index contributed by atoms with van der Waals surface area (Å²) in [7, 11) is 2.12. The van der Waals surface area contributed by atoms with Crippen molar-refractivity contribution in [1.82, 2.24) is 4.90 Å². The van der Waals surface area contributed by atoms with Gasteiger partial charge in [0.05, 0.1) is 18.8 Å². The number of hydrogen-bond acceptors (Lipinski definition) is 4. The molecule has 3 rings (SSSR count). The van der Waals surface area contributed by atoms with Gasteiger partial charge in [0.1, 0.15) is 0 Å². The molecule has 0 radical (unpaired) electrons. The van der Waals surface area contributed by atoms with Crippen molar-refractivity contribution in [2.75, 3.05) is 44.8 Å². The Hall–Kier alpha value is -1.10. The molecule has 0 spiro atoms. The fourth-order valence-corrected chi connectivity index (χ4v) is 3.96. The monoisotopic (exact) mass is 332 g/mol. The Morgan fingerprint density at radius 3 is 2.42 bits per heavy atom. The lowest BCUT2D eigenvalue weighted by Crippen LogP contribution is -2.43. The first-order valence-corrected chi connectivity index (χ1v) is 9.37. The van der Waals surface area contributed by atoms with Gasteiger partial charge in [-0.15, -0.1) is 0 Å². The first-order valence-electron chi connectivity index (χ1n) is 9.37. The highest BCUT2D eigenvalue weighted by atomic mass is 16.5. The van der Waals surface area contributed by atoms with Crippen molar-refractivity contribution in [3.05, 3.63) is 29.8 Å². The number of hydrogen-bond donors (Lipinski definition) is 1. The van der Waals surface area contributed by atoms with Gasteiger partial charge in [-0.25, -0.2) is 0 Å². The van der Waals surface area contributed by atoms with E-state index in [1.165, 1.54) is 11.3 Å². The normalized spacial score (nSPS) is 28.3. The molecule has 1 aliphatic carbocycles. The van der Waals surface area contributed by atoms with Gasteiger partial charge in [-0.05, 0) is 56.3 Å². The topological polar surface area (TPSA) is 35.9 Å². The Morgan fingerprint density at radius 1 is 1.17 bits per heavy atom. The molecule has 0 unspecified atom stereocenters. The zero-order chi connectivity index (χ0) is 17.0. The molecule has 1 aromatic rings. The zero-order valence-electron chi connectivity index (χ0n) is 15.2. The van der Waals surface area contributed by atoms with Gasteiger partial charge in [-0.3, -0.25) is 4.90 Å². The van der Waals surface area contributed by atoms with Crippen molar-refractivity contribution in [3.63, 3.8) is 0 Å². The van der Waals surface area contributed by atoms with Crippen molar-refractivity contribution in [2.45, 2.75) is 44.8 Å². The summed E-state index contributed by atoms with van der Waals surface area (Å²) in [6.07, 6.45) is 4.18. The van der Waals surface area contributed by atoms with Crippen molar-refractivity contribution in [3.8, 4) is 0 Å². The number of nitrogens with zero attached hydrogens (tertiary/aromatic N) is 2. The van der Waals surface area contributed by atoms with Gasteiger partial charge in [0.15, 0.2) is 0 Å². The van der Waals surface area contributed by atoms with E-state index in [2.05, 4.69) is 48.0 Å². The largest absolute Gasteiger partial charge is 0.389 e. The van der Waals surface area contributed by atoms with E-state index in [1.807, 2.05) is 0 Å². The molecule has 4 nitrogen and oxygen atoms in total. The molecule has 1 saturated carbocycles. The maximum Gasteiger partial charge on any atom is 0.0774 e. The standard InChI is InChI=1S/C20H32N2O2/c1-17-7-9-20(23,10-8-17)16-21(2)15-18-3-5-19(6-4-18)22-11-13-24-14-12-22/h3-6,17,23H,7-16H2,1-2H3. The third-order valence-corrected chi connectivity index (χ3v) is 5.53. The minimum Gasteiger partial charge on any atom is -0.389 e. The fraction of sp³-hybridized carbons (Fsp3) is 0.700. The third kappa shape index (κ3) is 4.71. The van der Waals surface area contributed by atoms with E-state index in [9.17, 15) is 5.11 Å². The Kier molecular flexibility index (Phi) is 5.80. The fourth-order valence-electron chi connectivity index (χ4n) is 3.96. The van der Waals surface area contributed by atoms with E-state index in [4.69, 9.17) is 4.74 Å². The van der Waals surface area contributed by atoms with E-state index in [0.717, 1.165) is 71.0 Å². The van der Waals surface area contributed by atoms with Crippen LogP contribution in [0.1, 0.15) is 38.2 Å². The lowest BCUT2D eigenvalue weighted by Gasteiger charge is -2.37. The molecular formula is C20H32N2O2. The second-order valence-corrected chi connectivity index (χ2v) is 7.85. The summed E-state index contributed by atoms with van der Waals surface area (Å²) < 4.78 is 5.41. The summed E-state index contributed by atoms with van der Waals surface area (Å²) in [5, 5.41) is 10.8. The highest BCUT2D eigenvalue weighted by Crippen LogP contribution is 2.32. The van der Waals surface area contributed by atoms with Crippen LogP contribution in [0.25, 0.3) is 0 Å². The summed E-state index contributed by atoms with van der Waals surface area (Å²) >= 11 is 0. The molecule has 2 fully saturated rings. The minimum absolute atomic E-state index is 0.491. The molecule has 1 N–H and O–H groups in total. The Labute approximate surface area is 146 Å². The summed E-state index contributed by atoms with van der Waals surface area (Å²) in [5.74, 6) is 0.767. The van der Waals surface area contributed by atoms with Crippen LogP contribution in [0.15, 0.2) is 24.3 Å². The molecule has 0 atom stereocenters. The minimum atomic E-state index is -0.491. The van der Waals surface area contributed by atoms with Crippen molar-refractivity contribution >= 4 is 5.69 Å². The molecule has 1 saturated heterocycles. The average molecular weight is 332 g/mol. The average Bonchev–Trinajstić information content (AvgIpc) is 2.59. The Balaban J connectivity index is 1.51. The molecule has 1 heterocycles. The second kappa shape index (κ2) is 7.85. The first kappa shape index (κ1) is 17.7. The van der Waals surface area contributed by atoms with Gasteiger partial charge in [0, 0.05) is 31.9 Å². The smallest absolute Gasteiger partial charge is 0.0774 e. The zero-order valence-corrected chi connectivity index (χ0v) is 15.2. The van der Waals surface area contributed by atoms with E-state index in [1.54, 1.807) is 0 Å². The maximum atomic E-state index is 10.8. The predicted octanol–water partition coefficient (Wildman–Crippen LogP) is 2.90. The third-order valence-electron chi connectivity index (χ3n) is 5.53. The lowest BCUT2D eigenvalue weighted by molar-refractivity contribution is -0.0315. The summed E-state index contributed by atoms with van der Waals surface area (Å²) in [6.45, 7) is 7.55. The van der Waals surface area contributed by atoms with Gasteiger partial charge in [0.25, 0.3) is 0 Å². The van der Waals surface area contributed by atoms with Crippen LogP contribution in [0, 0.1) is 5.92 Å². The van der Waals surface area contributed by atoms with E-state index in [0.29, 0.717) is 0 Å². The summed E-state index contributed by atoms with van der Waals surface area (Å²) in [6, 6.07) is 8.86. The SMILES string of the molecule is CC1CCC(O)(CN(C)Cc2ccc(N3CCOCC3)cc2)CC1. The molecule has 1 aromatic carbocycles. The Morgan fingerprint density at radius 2 is 1.79 bits per heavy atom. The van der Waals surface area contributed by atoms with Gasteiger partial charge < -0.3 is 14.7 Å². The molecule has 2 aliphatic rings. The molecule has 24 heavy (non-hydrogen) atoms. The lowest BCUT2D eigenvalue weighted by atomic mass is 9.79. The molecular weight excluding hydrogens is 300 g/mol. The van der Waals surface area contributed by atoms with Crippen molar-refractivity contribution in [2.24, 2.45) is 5.92 Å². The van der Waals surface area contributed by atoms with Crippen molar-refractivity contribution in [1.29, 1.82) is 0 Å². The van der Waals surface area contributed by atoms with Crippen LogP contribution in [0.3, 0.4) is 0 Å². The van der Waals surface area contributed by atoms with Crippen molar-refractivity contribution < 1.29 is 9.84 Å². The van der Waals surface area contributed by atoms with Gasteiger partial charge in [0.2, 0.25) is 0 Å². The molecule has 0 amide bonds. The number of benzene rings is 1. The molecule has 4 heteroatoms. The quantitative estimate of drug-likeness (QED) is 0.899. The summed E-state index contributed by atoms with van der Waals surface area (Å²) in [5.41, 5.74) is 2.10. The van der Waals surface area contributed by atoms with Crippen LogP contribution >= 0.6 is 0 Å². The van der Waals surface area contributed by atoms with Crippen LogP contribution in [0.5, 0.6) is 0 Å². The first-order chi connectivity index (χ1) is 11.5.